The van der Waals surface area contributed by atoms with Gasteiger partial charge < -0.3 is 20.1 Å². The number of methoxy groups -OCH3 is 2. The van der Waals surface area contributed by atoms with Crippen molar-refractivity contribution in [2.24, 2.45) is 0 Å². The summed E-state index contributed by atoms with van der Waals surface area (Å²) in [5.74, 6) is 0.990. The first-order valence-electron chi connectivity index (χ1n) is 14.6. The Bertz CT molecular complexity index is 1650. The molecule has 0 spiro atoms. The number of carbonyl (C=O) groups is 1. The lowest BCUT2D eigenvalue weighted by molar-refractivity contribution is 0.159. The van der Waals surface area contributed by atoms with E-state index in [9.17, 15) is 4.79 Å². The number of fused-ring (bicyclic) bond motifs is 1. The molecule has 4 aromatic carbocycles. The zero-order chi connectivity index (χ0) is 29.6. The van der Waals surface area contributed by atoms with Gasteiger partial charge in [-0.25, -0.2) is 4.79 Å². The van der Waals surface area contributed by atoms with Crippen LogP contribution in [-0.4, -0.2) is 67.2 Å². The third-order valence-electron chi connectivity index (χ3n) is 8.11. The van der Waals surface area contributed by atoms with E-state index in [1.54, 1.807) is 14.2 Å². The fourth-order valence-electron chi connectivity index (χ4n) is 5.96. The Hall–Kier alpha value is -4.66. The molecule has 1 fully saturated rings. The summed E-state index contributed by atoms with van der Waals surface area (Å²) >= 11 is 0. The Labute approximate surface area is 252 Å². The molecule has 1 aliphatic rings. The number of nitrogens with zero attached hydrogens (tertiary/aromatic N) is 3. The van der Waals surface area contributed by atoms with Crippen molar-refractivity contribution in [1.29, 1.82) is 0 Å². The van der Waals surface area contributed by atoms with Gasteiger partial charge in [-0.05, 0) is 29.3 Å². The molecule has 0 unspecified atom stereocenters. The number of ether oxygens (including phenoxy) is 2. The zero-order valence-electron chi connectivity index (χ0n) is 24.6. The number of nitrogens with one attached hydrogen (secondary N) is 2. The maximum absolute atomic E-state index is 13.6. The molecule has 0 bridgehead atoms. The predicted molar refractivity (Wildman–Crippen MR) is 171 cm³/mol. The Morgan fingerprint density at radius 2 is 1.63 bits per heavy atom. The van der Waals surface area contributed by atoms with Gasteiger partial charge >= 0.3 is 6.03 Å². The Morgan fingerprint density at radius 1 is 0.884 bits per heavy atom. The van der Waals surface area contributed by atoms with Gasteiger partial charge in [0, 0.05) is 43.6 Å². The molecule has 2 heterocycles. The minimum Gasteiger partial charge on any atom is -0.497 e. The van der Waals surface area contributed by atoms with Crippen LogP contribution in [0.4, 0.5) is 10.5 Å². The van der Waals surface area contributed by atoms with Crippen LogP contribution in [0.2, 0.25) is 0 Å². The minimum atomic E-state index is -0.231. The van der Waals surface area contributed by atoms with Crippen LogP contribution in [0.15, 0.2) is 103 Å². The number of urea groups is 1. The molecule has 5 aromatic rings. The van der Waals surface area contributed by atoms with Crippen LogP contribution in [0, 0.1) is 0 Å². The SMILES string of the molecule is COCCN1C[C@H](NC(=O)Nc2cccc3c(-c4ccccc4)nn(Cc4ccc(OC)cc4)c23)[C@@H](c2ccccc2)C1. The molecule has 1 aliphatic heterocycles. The lowest BCUT2D eigenvalue weighted by Crippen LogP contribution is -2.42. The fourth-order valence-corrected chi connectivity index (χ4v) is 5.96. The summed E-state index contributed by atoms with van der Waals surface area (Å²) in [6.07, 6.45) is 0. The highest BCUT2D eigenvalue weighted by atomic mass is 16.5. The Kier molecular flexibility index (Phi) is 8.67. The number of hydrogen-bond acceptors (Lipinski definition) is 5. The average Bonchev–Trinajstić information content (AvgIpc) is 3.63. The number of carbonyl (C=O) groups excluding carboxylic acids is 1. The molecule has 8 heteroatoms. The van der Waals surface area contributed by atoms with E-state index >= 15 is 0 Å². The van der Waals surface area contributed by atoms with E-state index in [1.807, 2.05) is 65.3 Å². The van der Waals surface area contributed by atoms with Gasteiger partial charge in [-0.2, -0.15) is 5.10 Å². The molecule has 1 aromatic heterocycles. The molecule has 0 saturated carbocycles. The summed E-state index contributed by atoms with van der Waals surface area (Å²) in [7, 11) is 3.38. The first kappa shape index (κ1) is 28.5. The molecule has 2 N–H and O–H groups in total. The predicted octanol–water partition coefficient (Wildman–Crippen LogP) is 6.00. The van der Waals surface area contributed by atoms with Crippen molar-refractivity contribution in [2.45, 2.75) is 18.5 Å². The smallest absolute Gasteiger partial charge is 0.319 e. The van der Waals surface area contributed by atoms with Crippen LogP contribution in [0.5, 0.6) is 5.75 Å². The van der Waals surface area contributed by atoms with Gasteiger partial charge in [0.25, 0.3) is 0 Å². The minimum absolute atomic E-state index is 0.0393. The number of amides is 2. The van der Waals surface area contributed by atoms with E-state index in [0.29, 0.717) is 18.8 Å². The summed E-state index contributed by atoms with van der Waals surface area (Å²) in [6.45, 7) is 3.65. The second kappa shape index (κ2) is 13.1. The van der Waals surface area contributed by atoms with Gasteiger partial charge in [0.05, 0.1) is 37.5 Å². The topological polar surface area (TPSA) is 80.7 Å². The molecule has 0 radical (unpaired) electrons. The molecular formula is C35H37N5O3. The average molecular weight is 576 g/mol. The lowest BCUT2D eigenvalue weighted by Gasteiger charge is -2.21. The number of para-hydroxylation sites is 1. The molecule has 0 aliphatic carbocycles. The first-order valence-corrected chi connectivity index (χ1v) is 14.6. The van der Waals surface area contributed by atoms with Crippen molar-refractivity contribution in [3.63, 3.8) is 0 Å². The van der Waals surface area contributed by atoms with Crippen molar-refractivity contribution in [1.82, 2.24) is 20.0 Å². The quantitative estimate of drug-likeness (QED) is 0.214. The summed E-state index contributed by atoms with van der Waals surface area (Å²) in [5, 5.41) is 12.5. The monoisotopic (exact) mass is 575 g/mol. The Morgan fingerprint density at radius 3 is 2.35 bits per heavy atom. The molecule has 220 valence electrons. The summed E-state index contributed by atoms with van der Waals surface area (Å²) in [4.78, 5) is 16.0. The van der Waals surface area contributed by atoms with Crippen molar-refractivity contribution in [3.8, 4) is 17.0 Å². The van der Waals surface area contributed by atoms with Crippen molar-refractivity contribution in [2.75, 3.05) is 45.8 Å². The zero-order valence-corrected chi connectivity index (χ0v) is 24.6. The maximum atomic E-state index is 13.6. The van der Waals surface area contributed by atoms with Crippen molar-refractivity contribution < 1.29 is 14.3 Å². The number of aromatic nitrogens is 2. The number of anilines is 1. The van der Waals surface area contributed by atoms with Crippen LogP contribution in [0.3, 0.4) is 0 Å². The largest absolute Gasteiger partial charge is 0.497 e. The van der Waals surface area contributed by atoms with Gasteiger partial charge in [0.2, 0.25) is 0 Å². The number of likely N-dealkylation sites (tertiary alicyclic amines) is 1. The van der Waals surface area contributed by atoms with Crippen LogP contribution in [0.1, 0.15) is 17.0 Å². The summed E-state index contributed by atoms with van der Waals surface area (Å²) in [5.41, 5.74) is 5.79. The van der Waals surface area contributed by atoms with Crippen LogP contribution >= 0.6 is 0 Å². The molecule has 2 atom stereocenters. The number of benzene rings is 4. The first-order chi connectivity index (χ1) is 21.1. The molecular weight excluding hydrogens is 538 g/mol. The number of rotatable bonds is 10. The third-order valence-corrected chi connectivity index (χ3v) is 8.11. The van der Waals surface area contributed by atoms with Crippen LogP contribution in [-0.2, 0) is 11.3 Å². The highest BCUT2D eigenvalue weighted by molar-refractivity contribution is 6.04. The van der Waals surface area contributed by atoms with E-state index < -0.39 is 0 Å². The van der Waals surface area contributed by atoms with Gasteiger partial charge in [0.1, 0.15) is 11.4 Å². The highest BCUT2D eigenvalue weighted by Gasteiger charge is 2.34. The van der Waals surface area contributed by atoms with E-state index in [1.165, 1.54) is 5.56 Å². The van der Waals surface area contributed by atoms with Crippen LogP contribution in [0.25, 0.3) is 22.2 Å². The van der Waals surface area contributed by atoms with Gasteiger partial charge in [-0.3, -0.25) is 9.58 Å². The Balaban J connectivity index is 1.30. The maximum Gasteiger partial charge on any atom is 0.319 e. The highest BCUT2D eigenvalue weighted by Crippen LogP contribution is 2.33. The van der Waals surface area contributed by atoms with E-state index in [2.05, 4.69) is 58.0 Å². The fraction of sp³-hybridized carbons (Fsp3) is 0.257. The van der Waals surface area contributed by atoms with Gasteiger partial charge in [-0.15, -0.1) is 0 Å². The van der Waals surface area contributed by atoms with E-state index in [4.69, 9.17) is 14.6 Å². The van der Waals surface area contributed by atoms with Crippen LogP contribution < -0.4 is 15.4 Å². The lowest BCUT2D eigenvalue weighted by atomic mass is 9.94. The van der Waals surface area contributed by atoms with Gasteiger partial charge in [-0.1, -0.05) is 84.9 Å². The molecule has 6 rings (SSSR count). The van der Waals surface area contributed by atoms with Crippen molar-refractivity contribution >= 4 is 22.6 Å². The van der Waals surface area contributed by atoms with Crippen molar-refractivity contribution in [3.05, 3.63) is 114 Å². The van der Waals surface area contributed by atoms with E-state index in [-0.39, 0.29) is 18.0 Å². The normalized spacial score (nSPS) is 16.8. The second-order valence-corrected chi connectivity index (χ2v) is 10.9. The second-order valence-electron chi connectivity index (χ2n) is 10.9. The molecule has 43 heavy (non-hydrogen) atoms. The molecule has 1 saturated heterocycles. The van der Waals surface area contributed by atoms with Gasteiger partial charge in [0.15, 0.2) is 0 Å². The molecule has 8 nitrogen and oxygen atoms in total. The van der Waals surface area contributed by atoms with E-state index in [0.717, 1.165) is 53.1 Å². The number of hydrogen-bond donors (Lipinski definition) is 2. The standard InChI is InChI=1S/C35H37N5O3/c1-42-21-20-39-23-30(26-10-5-3-6-11-26)32(24-39)37-35(41)36-31-15-9-14-29-33(27-12-7-4-8-13-27)38-40(34(29)31)22-25-16-18-28(43-2)19-17-25/h3-19,30,32H,20-24H2,1-2H3,(H2,36,37,41)/t30-,32+/m1/s1. The summed E-state index contributed by atoms with van der Waals surface area (Å²) < 4.78 is 12.6. The molecule has 2 amide bonds. The third kappa shape index (κ3) is 6.40. The summed E-state index contributed by atoms with van der Waals surface area (Å²) in [6, 6.07) is 34.2.